The van der Waals surface area contributed by atoms with E-state index in [4.69, 9.17) is 9.47 Å². The molecule has 0 radical (unpaired) electrons. The van der Waals surface area contributed by atoms with Crippen LogP contribution in [0.3, 0.4) is 0 Å². The van der Waals surface area contributed by atoms with Gasteiger partial charge in [-0.3, -0.25) is 9.80 Å². The SMILES string of the molecule is O=C1OC2CN(Cc3ccc(O)cc3)CC2N1CCCN1CCOCC1. The number of ether oxygens (including phenoxy) is 2. The Morgan fingerprint density at radius 2 is 1.81 bits per heavy atom. The molecule has 1 aromatic carbocycles. The maximum Gasteiger partial charge on any atom is 0.410 e. The van der Waals surface area contributed by atoms with Gasteiger partial charge in [0.15, 0.2) is 0 Å². The average molecular weight is 361 g/mol. The van der Waals surface area contributed by atoms with Gasteiger partial charge in [-0.1, -0.05) is 12.1 Å². The monoisotopic (exact) mass is 361 g/mol. The van der Waals surface area contributed by atoms with Crippen LogP contribution < -0.4 is 0 Å². The number of carbonyl (C=O) groups is 1. The molecule has 0 aromatic heterocycles. The molecular formula is C19H27N3O4. The van der Waals surface area contributed by atoms with Crippen LogP contribution in [0.5, 0.6) is 5.75 Å². The largest absolute Gasteiger partial charge is 0.508 e. The highest BCUT2D eigenvalue weighted by atomic mass is 16.6. The van der Waals surface area contributed by atoms with E-state index in [0.29, 0.717) is 0 Å². The first-order chi connectivity index (χ1) is 12.7. The zero-order chi connectivity index (χ0) is 17.9. The lowest BCUT2D eigenvalue weighted by atomic mass is 10.2. The summed E-state index contributed by atoms with van der Waals surface area (Å²) in [7, 11) is 0. The van der Waals surface area contributed by atoms with Crippen LogP contribution in [0.15, 0.2) is 24.3 Å². The van der Waals surface area contributed by atoms with Crippen molar-refractivity contribution < 1.29 is 19.4 Å². The number of fused-ring (bicyclic) bond motifs is 1. The molecule has 4 rings (SSSR count). The van der Waals surface area contributed by atoms with Crippen molar-refractivity contribution in [2.45, 2.75) is 25.1 Å². The number of phenols is 1. The smallest absolute Gasteiger partial charge is 0.410 e. The molecule has 2 atom stereocenters. The van der Waals surface area contributed by atoms with Crippen LogP contribution >= 0.6 is 0 Å². The van der Waals surface area contributed by atoms with Crippen LogP contribution in [0.2, 0.25) is 0 Å². The summed E-state index contributed by atoms with van der Waals surface area (Å²) in [6, 6.07) is 7.46. The topological polar surface area (TPSA) is 65.5 Å². The predicted octanol–water partition coefficient (Wildman–Crippen LogP) is 1.12. The van der Waals surface area contributed by atoms with Gasteiger partial charge in [-0.05, 0) is 24.1 Å². The third-order valence-corrected chi connectivity index (χ3v) is 5.52. The fourth-order valence-corrected chi connectivity index (χ4v) is 4.12. The Labute approximate surface area is 154 Å². The van der Waals surface area contributed by atoms with Crippen molar-refractivity contribution in [1.29, 1.82) is 0 Å². The van der Waals surface area contributed by atoms with Crippen LogP contribution in [0, 0.1) is 0 Å². The molecule has 3 fully saturated rings. The summed E-state index contributed by atoms with van der Waals surface area (Å²) in [5, 5.41) is 9.40. The van der Waals surface area contributed by atoms with Gasteiger partial charge in [-0.2, -0.15) is 0 Å². The Hall–Kier alpha value is -1.83. The summed E-state index contributed by atoms with van der Waals surface area (Å²) in [6.07, 6.45) is 0.783. The van der Waals surface area contributed by atoms with Gasteiger partial charge in [0.1, 0.15) is 11.9 Å². The number of phenolic OH excluding ortho intramolecular Hbond substituents is 1. The van der Waals surface area contributed by atoms with Crippen molar-refractivity contribution in [2.24, 2.45) is 0 Å². The lowest BCUT2D eigenvalue weighted by Gasteiger charge is -2.28. The fraction of sp³-hybridized carbons (Fsp3) is 0.632. The Kier molecular flexibility index (Phi) is 5.28. The van der Waals surface area contributed by atoms with Gasteiger partial charge in [-0.25, -0.2) is 4.79 Å². The quantitative estimate of drug-likeness (QED) is 0.819. The molecule has 3 saturated heterocycles. The van der Waals surface area contributed by atoms with Crippen molar-refractivity contribution in [3.63, 3.8) is 0 Å². The van der Waals surface area contributed by atoms with E-state index in [2.05, 4.69) is 9.80 Å². The molecule has 26 heavy (non-hydrogen) atoms. The number of aromatic hydroxyl groups is 1. The second-order valence-electron chi connectivity index (χ2n) is 7.35. The first-order valence-corrected chi connectivity index (χ1v) is 9.47. The van der Waals surface area contributed by atoms with Crippen LogP contribution in [0.25, 0.3) is 0 Å². The molecule has 7 heteroatoms. The first kappa shape index (κ1) is 17.6. The number of morpholine rings is 1. The van der Waals surface area contributed by atoms with Gasteiger partial charge in [0.05, 0.1) is 19.3 Å². The summed E-state index contributed by atoms with van der Waals surface area (Å²) < 4.78 is 11.0. The van der Waals surface area contributed by atoms with Gasteiger partial charge < -0.3 is 19.5 Å². The number of benzene rings is 1. The summed E-state index contributed by atoms with van der Waals surface area (Å²) in [4.78, 5) is 18.8. The number of hydrogen-bond acceptors (Lipinski definition) is 6. The van der Waals surface area contributed by atoms with Gasteiger partial charge in [0.2, 0.25) is 0 Å². The van der Waals surface area contributed by atoms with Crippen molar-refractivity contribution in [3.05, 3.63) is 29.8 Å². The van der Waals surface area contributed by atoms with Crippen LogP contribution in [0.1, 0.15) is 12.0 Å². The minimum Gasteiger partial charge on any atom is -0.508 e. The van der Waals surface area contributed by atoms with Crippen LogP contribution in [-0.4, -0.2) is 90.5 Å². The van der Waals surface area contributed by atoms with Gasteiger partial charge >= 0.3 is 6.09 Å². The van der Waals surface area contributed by atoms with E-state index in [1.807, 2.05) is 17.0 Å². The van der Waals surface area contributed by atoms with Crippen molar-refractivity contribution in [3.8, 4) is 5.75 Å². The van der Waals surface area contributed by atoms with Crippen LogP contribution in [-0.2, 0) is 16.0 Å². The summed E-state index contributed by atoms with van der Waals surface area (Å²) >= 11 is 0. The maximum absolute atomic E-state index is 12.2. The van der Waals surface area contributed by atoms with Gasteiger partial charge in [-0.15, -0.1) is 0 Å². The highest BCUT2D eigenvalue weighted by Crippen LogP contribution is 2.28. The molecule has 3 aliphatic heterocycles. The molecule has 1 N–H and O–H groups in total. The van der Waals surface area contributed by atoms with E-state index in [1.165, 1.54) is 0 Å². The zero-order valence-corrected chi connectivity index (χ0v) is 15.0. The Morgan fingerprint density at radius 1 is 1.04 bits per heavy atom. The van der Waals surface area contributed by atoms with Crippen molar-refractivity contribution in [2.75, 3.05) is 52.5 Å². The van der Waals surface area contributed by atoms with E-state index in [0.717, 1.165) is 71.0 Å². The number of amides is 1. The minimum atomic E-state index is -0.161. The van der Waals surface area contributed by atoms with E-state index in [1.54, 1.807) is 12.1 Å². The van der Waals surface area contributed by atoms with Gasteiger partial charge in [0, 0.05) is 45.8 Å². The van der Waals surface area contributed by atoms with E-state index < -0.39 is 0 Å². The number of nitrogens with zero attached hydrogens (tertiary/aromatic N) is 3. The molecule has 0 bridgehead atoms. The number of likely N-dealkylation sites (tertiary alicyclic amines) is 1. The zero-order valence-electron chi connectivity index (χ0n) is 15.0. The molecule has 1 amide bonds. The highest BCUT2D eigenvalue weighted by Gasteiger charge is 2.47. The molecule has 2 unspecified atom stereocenters. The molecule has 0 aliphatic carbocycles. The lowest BCUT2D eigenvalue weighted by molar-refractivity contribution is 0.0362. The Morgan fingerprint density at radius 3 is 2.58 bits per heavy atom. The molecule has 3 heterocycles. The molecule has 0 spiro atoms. The van der Waals surface area contributed by atoms with E-state index in [-0.39, 0.29) is 24.0 Å². The first-order valence-electron chi connectivity index (χ1n) is 9.47. The fourth-order valence-electron chi connectivity index (χ4n) is 4.12. The summed E-state index contributed by atoms with van der Waals surface area (Å²) in [6.45, 7) is 7.77. The molecule has 7 nitrogen and oxygen atoms in total. The van der Waals surface area contributed by atoms with Crippen molar-refractivity contribution >= 4 is 6.09 Å². The predicted molar refractivity (Wildman–Crippen MR) is 96.0 cm³/mol. The standard InChI is InChI=1S/C19H27N3O4/c23-16-4-2-15(3-5-16)12-21-13-17-18(14-21)26-19(24)22(17)7-1-6-20-8-10-25-11-9-20/h2-5,17-18,23H,1,6-14H2. The maximum atomic E-state index is 12.2. The number of hydrogen-bond donors (Lipinski definition) is 1. The Balaban J connectivity index is 1.27. The van der Waals surface area contributed by atoms with Crippen molar-refractivity contribution in [1.82, 2.24) is 14.7 Å². The number of rotatable bonds is 6. The molecular weight excluding hydrogens is 334 g/mol. The molecule has 1 aromatic rings. The van der Waals surface area contributed by atoms with E-state index in [9.17, 15) is 9.90 Å². The van der Waals surface area contributed by atoms with Crippen LogP contribution in [0.4, 0.5) is 4.79 Å². The molecule has 0 saturated carbocycles. The summed E-state index contributed by atoms with van der Waals surface area (Å²) in [5.74, 6) is 0.285. The average Bonchev–Trinajstić information content (AvgIpc) is 3.15. The third-order valence-electron chi connectivity index (χ3n) is 5.52. The summed E-state index contributed by atoms with van der Waals surface area (Å²) in [5.41, 5.74) is 1.16. The second-order valence-corrected chi connectivity index (χ2v) is 7.35. The van der Waals surface area contributed by atoms with Gasteiger partial charge in [0.25, 0.3) is 0 Å². The normalized spacial score (nSPS) is 26.9. The molecule has 3 aliphatic rings. The highest BCUT2D eigenvalue weighted by molar-refractivity contribution is 5.71. The van der Waals surface area contributed by atoms with E-state index >= 15 is 0 Å². The Bertz CT molecular complexity index is 618. The number of carbonyl (C=O) groups excluding carboxylic acids is 1. The molecule has 142 valence electrons. The minimum absolute atomic E-state index is 0.0250. The second kappa shape index (κ2) is 7.82. The lowest BCUT2D eigenvalue weighted by Crippen LogP contribution is -2.41. The third kappa shape index (κ3) is 3.95.